The highest BCUT2D eigenvalue weighted by atomic mass is 32.1. The van der Waals surface area contributed by atoms with E-state index in [2.05, 4.69) is 0 Å². The van der Waals surface area contributed by atoms with Gasteiger partial charge in [-0.1, -0.05) is 12.2 Å². The minimum Gasteiger partial charge on any atom is -0.386 e. The Bertz CT molecular complexity index is 683. The molecule has 4 atom stereocenters. The number of hydrogen-bond donors (Lipinski definition) is 1. The lowest BCUT2D eigenvalue weighted by atomic mass is 10.1. The molecule has 1 aliphatic rings. The molecule has 0 bridgehead atoms. The first-order valence-electron chi connectivity index (χ1n) is 6.61. The van der Waals surface area contributed by atoms with Crippen molar-refractivity contribution >= 4 is 33.6 Å². The van der Waals surface area contributed by atoms with Crippen molar-refractivity contribution in [3.8, 4) is 0 Å². The zero-order chi connectivity index (χ0) is 15.0. The second-order valence-corrected chi connectivity index (χ2v) is 6.25. The predicted octanol–water partition coefficient (Wildman–Crippen LogP) is 2.35. The molecule has 2 aromatic rings. The van der Waals surface area contributed by atoms with Crippen LogP contribution in [-0.2, 0) is 14.2 Å². The third-order valence-corrected chi connectivity index (χ3v) is 5.21. The van der Waals surface area contributed by atoms with Crippen molar-refractivity contribution in [1.82, 2.24) is 4.57 Å². The van der Waals surface area contributed by atoms with Crippen molar-refractivity contribution in [2.45, 2.75) is 24.5 Å². The number of pyridine rings is 1. The summed E-state index contributed by atoms with van der Waals surface area (Å²) in [6.45, 7) is 0.362. The van der Waals surface area contributed by atoms with E-state index in [0.29, 0.717) is 11.2 Å². The summed E-state index contributed by atoms with van der Waals surface area (Å²) < 4.78 is 19.9. The number of aliphatic hydroxyl groups excluding tert-OH is 1. The van der Waals surface area contributed by atoms with Crippen LogP contribution in [0.3, 0.4) is 0 Å². The normalized spacial score (nSPS) is 29.3. The fourth-order valence-electron chi connectivity index (χ4n) is 2.71. The third kappa shape index (κ3) is 2.54. The summed E-state index contributed by atoms with van der Waals surface area (Å²) >= 11 is 7.11. The monoisotopic (exact) mass is 327 g/mol. The number of ether oxygens (including phenoxy) is 3. The lowest BCUT2D eigenvalue weighted by Crippen LogP contribution is -2.35. The zero-order valence-corrected chi connectivity index (χ0v) is 13.4. The maximum Gasteiger partial charge on any atom is 0.164 e. The van der Waals surface area contributed by atoms with Gasteiger partial charge in [-0.15, -0.1) is 11.3 Å². The SMILES string of the molecule is COC[C@H]1O[C@@H](n2ccc3ccsc3c2=S)[C@@H](O)C1OC. The van der Waals surface area contributed by atoms with E-state index in [4.69, 9.17) is 26.4 Å². The Balaban J connectivity index is 1.98. The van der Waals surface area contributed by atoms with E-state index in [0.717, 1.165) is 10.1 Å². The molecular formula is C14H17NO4S2. The van der Waals surface area contributed by atoms with Gasteiger partial charge in [-0.2, -0.15) is 0 Å². The van der Waals surface area contributed by atoms with Gasteiger partial charge in [0.15, 0.2) is 6.23 Å². The maximum absolute atomic E-state index is 10.5. The Labute approximate surface area is 131 Å². The average Bonchev–Trinajstić information content (AvgIpc) is 3.06. The summed E-state index contributed by atoms with van der Waals surface area (Å²) in [6.07, 6.45) is -0.252. The minimum atomic E-state index is -0.792. The Kier molecular flexibility index (Phi) is 4.39. The smallest absolute Gasteiger partial charge is 0.164 e. The van der Waals surface area contributed by atoms with E-state index in [9.17, 15) is 5.11 Å². The second-order valence-electron chi connectivity index (χ2n) is 4.94. The molecule has 3 rings (SSSR count). The summed E-state index contributed by atoms with van der Waals surface area (Å²) in [5, 5.41) is 13.6. The Morgan fingerprint density at radius 3 is 2.95 bits per heavy atom. The molecule has 0 radical (unpaired) electrons. The van der Waals surface area contributed by atoms with Crippen molar-refractivity contribution in [2.75, 3.05) is 20.8 Å². The van der Waals surface area contributed by atoms with Gasteiger partial charge in [0.1, 0.15) is 23.0 Å². The number of rotatable bonds is 4. The van der Waals surface area contributed by atoms with E-state index < -0.39 is 18.4 Å². The molecule has 0 aromatic carbocycles. The van der Waals surface area contributed by atoms with Crippen LogP contribution in [0, 0.1) is 4.64 Å². The van der Waals surface area contributed by atoms with Crippen molar-refractivity contribution in [2.24, 2.45) is 0 Å². The fourth-order valence-corrected chi connectivity index (χ4v) is 3.97. The third-order valence-electron chi connectivity index (χ3n) is 3.73. The van der Waals surface area contributed by atoms with Gasteiger partial charge in [0, 0.05) is 20.4 Å². The molecule has 7 heteroatoms. The largest absolute Gasteiger partial charge is 0.386 e. The van der Waals surface area contributed by atoms with Crippen LogP contribution in [-0.4, -0.2) is 48.8 Å². The summed E-state index contributed by atoms with van der Waals surface area (Å²) in [5.41, 5.74) is 0. The van der Waals surface area contributed by atoms with Gasteiger partial charge in [-0.05, 0) is 22.9 Å². The summed E-state index contributed by atoms with van der Waals surface area (Å²) in [5.74, 6) is 0. The van der Waals surface area contributed by atoms with E-state index in [1.54, 1.807) is 30.1 Å². The number of nitrogens with zero attached hydrogens (tertiary/aromatic N) is 1. The number of fused-ring (bicyclic) bond motifs is 1. The summed E-state index contributed by atoms with van der Waals surface area (Å²) in [6, 6.07) is 4.00. The molecule has 0 amide bonds. The summed E-state index contributed by atoms with van der Waals surface area (Å²) in [7, 11) is 3.16. The summed E-state index contributed by atoms with van der Waals surface area (Å²) in [4.78, 5) is 0. The van der Waals surface area contributed by atoms with Crippen LogP contribution >= 0.6 is 23.6 Å². The first-order valence-corrected chi connectivity index (χ1v) is 7.89. The molecule has 5 nitrogen and oxygen atoms in total. The van der Waals surface area contributed by atoms with E-state index in [1.807, 2.05) is 23.7 Å². The van der Waals surface area contributed by atoms with Crippen LogP contribution in [0.2, 0.25) is 0 Å². The van der Waals surface area contributed by atoms with Crippen molar-refractivity contribution in [1.29, 1.82) is 0 Å². The molecule has 1 aliphatic heterocycles. The molecule has 2 aromatic heterocycles. The standard InChI is InChI=1S/C14H17NO4S2/c1-17-7-9-11(18-2)10(16)13(19-9)15-5-3-8-4-6-21-12(8)14(15)20/h3-6,9-11,13,16H,7H2,1-2H3/t9-,10+,11?,13-/m1/s1. The molecule has 21 heavy (non-hydrogen) atoms. The van der Waals surface area contributed by atoms with Gasteiger partial charge < -0.3 is 23.9 Å². The zero-order valence-electron chi connectivity index (χ0n) is 11.8. The van der Waals surface area contributed by atoms with Gasteiger partial charge >= 0.3 is 0 Å². The Morgan fingerprint density at radius 1 is 1.43 bits per heavy atom. The average molecular weight is 327 g/mol. The molecule has 1 unspecified atom stereocenters. The number of methoxy groups -OCH3 is 2. The molecule has 114 valence electrons. The molecule has 1 saturated heterocycles. The van der Waals surface area contributed by atoms with Crippen molar-refractivity contribution in [3.05, 3.63) is 28.4 Å². The van der Waals surface area contributed by atoms with E-state index in [-0.39, 0.29) is 6.10 Å². The van der Waals surface area contributed by atoms with Gasteiger partial charge in [0.2, 0.25) is 0 Å². The Hall–Kier alpha value is -0.830. The van der Waals surface area contributed by atoms with E-state index >= 15 is 0 Å². The van der Waals surface area contributed by atoms with Gasteiger partial charge in [0.25, 0.3) is 0 Å². The maximum atomic E-state index is 10.5. The fraction of sp³-hybridized carbons (Fsp3) is 0.500. The molecular weight excluding hydrogens is 310 g/mol. The van der Waals surface area contributed by atoms with Crippen LogP contribution in [0.1, 0.15) is 6.23 Å². The van der Waals surface area contributed by atoms with Gasteiger partial charge in [-0.3, -0.25) is 0 Å². The van der Waals surface area contributed by atoms with Crippen LogP contribution < -0.4 is 0 Å². The Morgan fingerprint density at radius 2 is 2.24 bits per heavy atom. The quantitative estimate of drug-likeness (QED) is 0.874. The van der Waals surface area contributed by atoms with Crippen LogP contribution in [0.4, 0.5) is 0 Å². The van der Waals surface area contributed by atoms with Gasteiger partial charge in [0.05, 0.1) is 11.3 Å². The molecule has 1 N–H and O–H groups in total. The lowest BCUT2D eigenvalue weighted by molar-refractivity contribution is -0.0628. The number of thiophene rings is 1. The van der Waals surface area contributed by atoms with Crippen LogP contribution in [0.25, 0.3) is 10.1 Å². The number of aromatic nitrogens is 1. The highest BCUT2D eigenvalue weighted by Crippen LogP contribution is 2.33. The molecule has 3 heterocycles. The molecule has 0 saturated carbocycles. The highest BCUT2D eigenvalue weighted by molar-refractivity contribution is 7.71. The van der Waals surface area contributed by atoms with Crippen LogP contribution in [0.5, 0.6) is 0 Å². The predicted molar refractivity (Wildman–Crippen MR) is 83.2 cm³/mol. The first-order chi connectivity index (χ1) is 10.2. The van der Waals surface area contributed by atoms with Crippen molar-refractivity contribution in [3.63, 3.8) is 0 Å². The topological polar surface area (TPSA) is 52.9 Å². The molecule has 1 fully saturated rings. The first kappa shape index (κ1) is 15.1. The molecule has 0 spiro atoms. The van der Waals surface area contributed by atoms with Crippen molar-refractivity contribution < 1.29 is 19.3 Å². The van der Waals surface area contributed by atoms with Crippen LogP contribution in [0.15, 0.2) is 23.7 Å². The van der Waals surface area contributed by atoms with Gasteiger partial charge in [-0.25, -0.2) is 0 Å². The lowest BCUT2D eigenvalue weighted by Gasteiger charge is -2.19. The highest BCUT2D eigenvalue weighted by Gasteiger charge is 2.45. The minimum absolute atomic E-state index is 0.319. The molecule has 0 aliphatic carbocycles. The number of hydrogen-bond acceptors (Lipinski definition) is 6. The second kappa shape index (κ2) is 6.12. The van der Waals surface area contributed by atoms with E-state index in [1.165, 1.54) is 0 Å². The number of aliphatic hydroxyl groups is 1.